The van der Waals surface area contributed by atoms with Crippen molar-refractivity contribution in [2.24, 2.45) is 16.3 Å². The number of amidine groups is 1. The Labute approximate surface area is 131 Å². The minimum atomic E-state index is -0.289. The van der Waals surface area contributed by atoms with Crippen LogP contribution in [0.15, 0.2) is 23.4 Å². The summed E-state index contributed by atoms with van der Waals surface area (Å²) in [6, 6.07) is 5.48. The first-order valence-electron chi connectivity index (χ1n) is 6.96. The van der Waals surface area contributed by atoms with Gasteiger partial charge in [0, 0.05) is 17.0 Å². The Morgan fingerprint density at radius 3 is 2.76 bits per heavy atom. The Kier molecular flexibility index (Phi) is 6.62. The summed E-state index contributed by atoms with van der Waals surface area (Å²) in [6.07, 6.45) is 2.80. The highest BCUT2D eigenvalue weighted by Gasteiger charge is 2.22. The number of oxime groups is 1. The summed E-state index contributed by atoms with van der Waals surface area (Å²) in [5.74, 6) is 1.04. The monoisotopic (exact) mass is 313 g/mol. The van der Waals surface area contributed by atoms with Crippen LogP contribution in [0.1, 0.15) is 33.1 Å². The molecular weight excluding hydrogens is 290 g/mol. The van der Waals surface area contributed by atoms with Crippen molar-refractivity contribution in [3.8, 4) is 5.75 Å². The quantitative estimate of drug-likeness (QED) is 0.225. The molecule has 4 N–H and O–H groups in total. The Balaban J connectivity index is 2.40. The fourth-order valence-corrected chi connectivity index (χ4v) is 2.17. The number of hydrogen-bond acceptors (Lipinski definition) is 4. The molecule has 0 aromatic heterocycles. The molecule has 0 atom stereocenters. The SMILES string of the molecule is COc1ccc(Cl)cc1NCCCCC(C)(C)/C(N)=N/O. The first-order chi connectivity index (χ1) is 9.90. The molecule has 0 aliphatic carbocycles. The Hall–Kier alpha value is -1.62. The van der Waals surface area contributed by atoms with Crippen LogP contribution in [-0.4, -0.2) is 24.7 Å². The van der Waals surface area contributed by atoms with Gasteiger partial charge in [-0.05, 0) is 31.0 Å². The largest absolute Gasteiger partial charge is 0.495 e. The lowest BCUT2D eigenvalue weighted by molar-refractivity contribution is 0.304. The van der Waals surface area contributed by atoms with E-state index in [2.05, 4.69) is 10.5 Å². The number of anilines is 1. The van der Waals surface area contributed by atoms with Crippen LogP contribution in [-0.2, 0) is 0 Å². The van der Waals surface area contributed by atoms with E-state index in [1.165, 1.54) is 0 Å². The lowest BCUT2D eigenvalue weighted by atomic mass is 9.86. The van der Waals surface area contributed by atoms with Crippen LogP contribution in [0.3, 0.4) is 0 Å². The summed E-state index contributed by atoms with van der Waals surface area (Å²) in [4.78, 5) is 0. The van der Waals surface area contributed by atoms with Gasteiger partial charge in [-0.3, -0.25) is 0 Å². The number of ether oxygens (including phenoxy) is 1. The molecule has 1 aromatic rings. The van der Waals surface area contributed by atoms with Crippen LogP contribution in [0.25, 0.3) is 0 Å². The highest BCUT2D eigenvalue weighted by atomic mass is 35.5. The van der Waals surface area contributed by atoms with Gasteiger partial charge >= 0.3 is 0 Å². The predicted octanol–water partition coefficient (Wildman–Crippen LogP) is 3.70. The average Bonchev–Trinajstić information content (AvgIpc) is 2.46. The summed E-state index contributed by atoms with van der Waals surface area (Å²) in [7, 11) is 1.63. The van der Waals surface area contributed by atoms with Gasteiger partial charge in [0.2, 0.25) is 0 Å². The van der Waals surface area contributed by atoms with Crippen LogP contribution in [0.2, 0.25) is 5.02 Å². The molecule has 0 aliphatic rings. The smallest absolute Gasteiger partial charge is 0.144 e. The lowest BCUT2D eigenvalue weighted by Crippen LogP contribution is -2.31. The molecule has 0 aliphatic heterocycles. The number of halogens is 1. The fraction of sp³-hybridized carbons (Fsp3) is 0.533. The molecule has 0 unspecified atom stereocenters. The van der Waals surface area contributed by atoms with E-state index in [-0.39, 0.29) is 11.3 Å². The number of rotatable bonds is 8. The number of nitrogens with one attached hydrogen (secondary N) is 1. The molecule has 0 saturated carbocycles. The molecule has 1 aromatic carbocycles. The van der Waals surface area contributed by atoms with E-state index < -0.39 is 0 Å². The van der Waals surface area contributed by atoms with E-state index in [9.17, 15) is 0 Å². The normalized spacial score (nSPS) is 12.3. The first-order valence-corrected chi connectivity index (χ1v) is 7.34. The molecule has 0 heterocycles. The predicted molar refractivity (Wildman–Crippen MR) is 87.5 cm³/mol. The summed E-state index contributed by atoms with van der Waals surface area (Å²) in [6.45, 7) is 4.74. The van der Waals surface area contributed by atoms with Gasteiger partial charge < -0.3 is 21.0 Å². The van der Waals surface area contributed by atoms with Crippen molar-refractivity contribution >= 4 is 23.1 Å². The zero-order chi connectivity index (χ0) is 15.9. The number of unbranched alkanes of at least 4 members (excludes halogenated alkanes) is 1. The van der Waals surface area contributed by atoms with Gasteiger partial charge in [0.15, 0.2) is 0 Å². The molecule has 0 radical (unpaired) electrons. The standard InChI is InChI=1S/C15H24ClN3O2/c1-15(2,14(17)19-20)8-4-5-9-18-12-10-11(16)6-7-13(12)21-3/h6-7,10,18,20H,4-5,8-9H2,1-3H3,(H2,17,19). The minimum absolute atomic E-state index is 0.270. The highest BCUT2D eigenvalue weighted by molar-refractivity contribution is 6.30. The third kappa shape index (κ3) is 5.34. The van der Waals surface area contributed by atoms with Crippen LogP contribution in [0.5, 0.6) is 5.75 Å². The van der Waals surface area contributed by atoms with Crippen molar-refractivity contribution in [3.63, 3.8) is 0 Å². The van der Waals surface area contributed by atoms with Crippen molar-refractivity contribution in [2.75, 3.05) is 19.0 Å². The van der Waals surface area contributed by atoms with Gasteiger partial charge in [-0.1, -0.05) is 37.0 Å². The molecule has 6 heteroatoms. The third-order valence-electron chi connectivity index (χ3n) is 3.51. The van der Waals surface area contributed by atoms with Crippen molar-refractivity contribution < 1.29 is 9.94 Å². The average molecular weight is 314 g/mol. The van der Waals surface area contributed by atoms with Gasteiger partial charge in [-0.15, -0.1) is 0 Å². The van der Waals surface area contributed by atoms with Crippen molar-refractivity contribution in [1.29, 1.82) is 0 Å². The van der Waals surface area contributed by atoms with E-state index in [4.69, 9.17) is 27.3 Å². The molecule has 0 amide bonds. The zero-order valence-electron chi connectivity index (χ0n) is 12.8. The maximum Gasteiger partial charge on any atom is 0.144 e. The van der Waals surface area contributed by atoms with Crippen LogP contribution in [0, 0.1) is 5.41 Å². The summed E-state index contributed by atoms with van der Waals surface area (Å²) >= 11 is 5.98. The molecule has 1 rings (SSSR count). The van der Waals surface area contributed by atoms with E-state index in [0.717, 1.165) is 37.2 Å². The molecule has 0 fully saturated rings. The molecule has 118 valence electrons. The second-order valence-electron chi connectivity index (χ2n) is 5.60. The maximum atomic E-state index is 8.73. The van der Waals surface area contributed by atoms with Crippen LogP contribution < -0.4 is 15.8 Å². The second-order valence-corrected chi connectivity index (χ2v) is 6.03. The van der Waals surface area contributed by atoms with E-state index >= 15 is 0 Å². The van der Waals surface area contributed by atoms with Crippen molar-refractivity contribution in [1.82, 2.24) is 0 Å². The number of hydrogen-bond donors (Lipinski definition) is 3. The van der Waals surface area contributed by atoms with Gasteiger partial charge in [-0.2, -0.15) is 0 Å². The topological polar surface area (TPSA) is 79.9 Å². The minimum Gasteiger partial charge on any atom is -0.495 e. The summed E-state index contributed by atoms with van der Waals surface area (Å²) < 4.78 is 5.28. The van der Waals surface area contributed by atoms with Gasteiger partial charge in [0.25, 0.3) is 0 Å². The molecule has 0 saturated heterocycles. The molecule has 21 heavy (non-hydrogen) atoms. The van der Waals surface area contributed by atoms with E-state index in [0.29, 0.717) is 5.02 Å². The number of benzene rings is 1. The van der Waals surface area contributed by atoms with Gasteiger partial charge in [0.05, 0.1) is 12.8 Å². The lowest BCUT2D eigenvalue weighted by Gasteiger charge is -2.22. The van der Waals surface area contributed by atoms with Crippen LogP contribution in [0.4, 0.5) is 5.69 Å². The van der Waals surface area contributed by atoms with Crippen LogP contribution >= 0.6 is 11.6 Å². The van der Waals surface area contributed by atoms with E-state index in [1.807, 2.05) is 26.0 Å². The third-order valence-corrected chi connectivity index (χ3v) is 3.74. The van der Waals surface area contributed by atoms with Gasteiger partial charge in [0.1, 0.15) is 11.6 Å². The Morgan fingerprint density at radius 1 is 1.43 bits per heavy atom. The number of nitrogens with zero attached hydrogens (tertiary/aromatic N) is 1. The maximum absolute atomic E-state index is 8.73. The zero-order valence-corrected chi connectivity index (χ0v) is 13.6. The molecular formula is C15H24ClN3O2. The first kappa shape index (κ1) is 17.4. The van der Waals surface area contributed by atoms with Gasteiger partial charge in [-0.25, -0.2) is 0 Å². The molecule has 0 spiro atoms. The van der Waals surface area contributed by atoms with Crippen molar-refractivity contribution in [2.45, 2.75) is 33.1 Å². The van der Waals surface area contributed by atoms with Crippen molar-refractivity contribution in [3.05, 3.63) is 23.2 Å². The summed E-state index contributed by atoms with van der Waals surface area (Å²) in [5.41, 5.74) is 6.26. The Bertz CT molecular complexity index is 490. The Morgan fingerprint density at radius 2 is 2.14 bits per heavy atom. The fourth-order valence-electron chi connectivity index (χ4n) is 2.00. The molecule has 5 nitrogen and oxygen atoms in total. The number of nitrogens with two attached hydrogens (primary N) is 1. The summed E-state index contributed by atoms with van der Waals surface area (Å²) in [5, 5.41) is 15.8. The van der Waals surface area contributed by atoms with E-state index in [1.54, 1.807) is 13.2 Å². The molecule has 0 bridgehead atoms. The second kappa shape index (κ2) is 7.98. The number of methoxy groups -OCH3 is 1. The highest BCUT2D eigenvalue weighted by Crippen LogP contribution is 2.28.